The van der Waals surface area contributed by atoms with Crippen LogP contribution in [0.3, 0.4) is 0 Å². The molecule has 0 spiro atoms. The lowest BCUT2D eigenvalue weighted by Crippen LogP contribution is -2.02. The number of hydrogen-bond donors (Lipinski definition) is 1. The van der Waals surface area contributed by atoms with Gasteiger partial charge in [-0.3, -0.25) is 10.1 Å². The first kappa shape index (κ1) is 12.6. The van der Waals surface area contributed by atoms with Crippen LogP contribution in [0.5, 0.6) is 0 Å². The van der Waals surface area contributed by atoms with Gasteiger partial charge in [0.15, 0.2) is 0 Å². The molecule has 0 heterocycles. The van der Waals surface area contributed by atoms with Gasteiger partial charge in [-0.2, -0.15) is 0 Å². The van der Waals surface area contributed by atoms with Gasteiger partial charge in [0, 0.05) is 6.07 Å². The maximum Gasteiger partial charge on any atom is 0.342 e. The summed E-state index contributed by atoms with van der Waals surface area (Å²) in [6.45, 7) is 0. The van der Waals surface area contributed by atoms with Crippen molar-refractivity contribution in [2.45, 2.75) is 0 Å². The molecule has 5 nitrogen and oxygen atoms in total. The first-order valence-corrected chi connectivity index (χ1v) is 5.46. The zero-order valence-electron chi connectivity index (χ0n) is 8.68. The Kier molecular flexibility index (Phi) is 3.11. The third-order valence-corrected chi connectivity index (χ3v) is 3.14. The third-order valence-electron chi connectivity index (χ3n) is 2.42. The topological polar surface area (TPSA) is 80.4 Å². The molecule has 0 amide bonds. The molecule has 0 fully saturated rings. The van der Waals surface area contributed by atoms with Crippen LogP contribution in [-0.2, 0) is 0 Å². The summed E-state index contributed by atoms with van der Waals surface area (Å²) < 4.78 is 0. The molecule has 0 bridgehead atoms. The molecular weight excluding hydrogens is 281 g/mol. The summed E-state index contributed by atoms with van der Waals surface area (Å²) in [5.41, 5.74) is -0.862. The van der Waals surface area contributed by atoms with Crippen LogP contribution < -0.4 is 0 Å². The van der Waals surface area contributed by atoms with E-state index in [4.69, 9.17) is 28.3 Å². The number of carboxylic acids is 1. The van der Waals surface area contributed by atoms with E-state index < -0.39 is 16.6 Å². The number of rotatable bonds is 2. The highest BCUT2D eigenvalue weighted by molar-refractivity contribution is 6.42. The van der Waals surface area contributed by atoms with E-state index in [0.717, 1.165) is 0 Å². The molecule has 2 rings (SSSR count). The second-order valence-electron chi connectivity index (χ2n) is 3.55. The van der Waals surface area contributed by atoms with Crippen LogP contribution in [0.25, 0.3) is 10.8 Å². The minimum absolute atomic E-state index is 0.251. The highest BCUT2D eigenvalue weighted by Gasteiger charge is 2.21. The van der Waals surface area contributed by atoms with E-state index >= 15 is 0 Å². The first-order valence-electron chi connectivity index (χ1n) is 4.70. The second-order valence-corrected chi connectivity index (χ2v) is 4.36. The van der Waals surface area contributed by atoms with Crippen LogP contribution >= 0.6 is 23.2 Å². The Hall–Kier alpha value is -1.85. The van der Waals surface area contributed by atoms with Gasteiger partial charge in [-0.1, -0.05) is 23.2 Å². The highest BCUT2D eigenvalue weighted by Crippen LogP contribution is 2.32. The van der Waals surface area contributed by atoms with Crippen LogP contribution in [0.15, 0.2) is 24.3 Å². The Morgan fingerprint density at radius 3 is 2.06 bits per heavy atom. The van der Waals surface area contributed by atoms with Crippen molar-refractivity contribution in [2.24, 2.45) is 0 Å². The number of aromatic carboxylic acids is 1. The van der Waals surface area contributed by atoms with Crippen molar-refractivity contribution < 1.29 is 14.8 Å². The molecule has 92 valence electrons. The minimum atomic E-state index is -1.37. The van der Waals surface area contributed by atoms with E-state index in [1.165, 1.54) is 24.3 Å². The molecule has 0 radical (unpaired) electrons. The lowest BCUT2D eigenvalue weighted by Gasteiger charge is -2.04. The van der Waals surface area contributed by atoms with Crippen molar-refractivity contribution in [2.75, 3.05) is 0 Å². The van der Waals surface area contributed by atoms with Gasteiger partial charge >= 0.3 is 5.97 Å². The lowest BCUT2D eigenvalue weighted by atomic mass is 10.1. The Morgan fingerprint density at radius 1 is 1.11 bits per heavy atom. The maximum absolute atomic E-state index is 11.0. The third kappa shape index (κ3) is 2.10. The van der Waals surface area contributed by atoms with E-state index in [9.17, 15) is 14.9 Å². The van der Waals surface area contributed by atoms with Crippen molar-refractivity contribution in [1.82, 2.24) is 0 Å². The molecule has 7 heteroatoms. The normalized spacial score (nSPS) is 10.6. The predicted molar refractivity (Wildman–Crippen MR) is 67.6 cm³/mol. The number of benzene rings is 2. The molecule has 18 heavy (non-hydrogen) atoms. The van der Waals surface area contributed by atoms with E-state index in [1.54, 1.807) is 0 Å². The Bertz CT molecular complexity index is 626. The van der Waals surface area contributed by atoms with Crippen LogP contribution in [0.2, 0.25) is 10.0 Å². The predicted octanol–water partition coefficient (Wildman–Crippen LogP) is 3.75. The highest BCUT2D eigenvalue weighted by atomic mass is 35.5. The van der Waals surface area contributed by atoms with Crippen LogP contribution in [0.1, 0.15) is 10.4 Å². The van der Waals surface area contributed by atoms with Gasteiger partial charge in [0.25, 0.3) is 5.69 Å². The average molecular weight is 286 g/mol. The minimum Gasteiger partial charge on any atom is -0.477 e. The molecule has 0 aromatic heterocycles. The number of nitro benzene ring substituents is 1. The van der Waals surface area contributed by atoms with E-state index in [0.29, 0.717) is 10.8 Å². The number of nitrogens with zero attached hydrogens (tertiary/aromatic N) is 1. The summed E-state index contributed by atoms with van der Waals surface area (Å²) >= 11 is 11.6. The van der Waals surface area contributed by atoms with Gasteiger partial charge in [0.1, 0.15) is 5.56 Å². The van der Waals surface area contributed by atoms with E-state index in [2.05, 4.69) is 0 Å². The quantitative estimate of drug-likeness (QED) is 0.673. The molecule has 0 saturated heterocycles. The average Bonchev–Trinajstić information content (AvgIpc) is 2.28. The van der Waals surface area contributed by atoms with E-state index in [1.807, 2.05) is 0 Å². The van der Waals surface area contributed by atoms with Crippen LogP contribution in [-0.4, -0.2) is 16.0 Å². The SMILES string of the molecule is O=C(O)c1cc2cc(Cl)c(Cl)cc2cc1[N+](=O)[O-]. The fourth-order valence-electron chi connectivity index (χ4n) is 1.60. The first-order chi connectivity index (χ1) is 8.40. The molecule has 0 aliphatic heterocycles. The van der Waals surface area contributed by atoms with E-state index in [-0.39, 0.29) is 15.6 Å². The Morgan fingerprint density at radius 2 is 1.61 bits per heavy atom. The van der Waals surface area contributed by atoms with Gasteiger partial charge in [-0.05, 0) is 29.0 Å². The second kappa shape index (κ2) is 4.44. The fourth-order valence-corrected chi connectivity index (χ4v) is 1.95. The number of fused-ring (bicyclic) bond motifs is 1. The van der Waals surface area contributed by atoms with Crippen molar-refractivity contribution in [3.63, 3.8) is 0 Å². The molecule has 2 aromatic rings. The lowest BCUT2D eigenvalue weighted by molar-refractivity contribution is -0.385. The molecular formula is C11H5Cl2NO4. The molecule has 2 aromatic carbocycles. The Labute approximate surface area is 111 Å². The summed E-state index contributed by atoms with van der Waals surface area (Å²) in [7, 11) is 0. The molecule has 1 N–H and O–H groups in total. The van der Waals surface area contributed by atoms with Gasteiger partial charge in [-0.25, -0.2) is 4.79 Å². The number of hydrogen-bond acceptors (Lipinski definition) is 3. The largest absolute Gasteiger partial charge is 0.477 e. The molecule has 0 atom stereocenters. The monoisotopic (exact) mass is 285 g/mol. The molecule has 0 saturated carbocycles. The Balaban J connectivity index is 2.84. The van der Waals surface area contributed by atoms with Crippen molar-refractivity contribution in [3.8, 4) is 0 Å². The van der Waals surface area contributed by atoms with Crippen molar-refractivity contribution >= 4 is 45.6 Å². The fraction of sp³-hybridized carbons (Fsp3) is 0. The smallest absolute Gasteiger partial charge is 0.342 e. The van der Waals surface area contributed by atoms with Crippen LogP contribution in [0.4, 0.5) is 5.69 Å². The standard InChI is InChI=1S/C11H5Cl2NO4/c12-8-2-5-1-7(11(15)16)10(14(17)18)4-6(5)3-9(8)13/h1-4H,(H,15,16). The number of carbonyl (C=O) groups is 1. The van der Waals surface area contributed by atoms with Gasteiger partial charge < -0.3 is 5.11 Å². The molecule has 0 aliphatic rings. The molecule has 0 unspecified atom stereocenters. The van der Waals surface area contributed by atoms with Gasteiger partial charge in [0.05, 0.1) is 15.0 Å². The number of nitro groups is 1. The summed E-state index contributed by atoms with van der Waals surface area (Å²) in [5.74, 6) is -1.37. The zero-order chi connectivity index (χ0) is 13.4. The summed E-state index contributed by atoms with van der Waals surface area (Å²) in [4.78, 5) is 21.0. The summed E-state index contributed by atoms with van der Waals surface area (Å²) in [6, 6.07) is 5.30. The number of halogens is 2. The molecule has 0 aliphatic carbocycles. The maximum atomic E-state index is 11.0. The van der Waals surface area contributed by atoms with Crippen molar-refractivity contribution in [3.05, 3.63) is 50.0 Å². The summed E-state index contributed by atoms with van der Waals surface area (Å²) in [5, 5.41) is 21.2. The zero-order valence-corrected chi connectivity index (χ0v) is 10.2. The van der Waals surface area contributed by atoms with Gasteiger partial charge in [0.2, 0.25) is 0 Å². The summed E-state index contributed by atoms with van der Waals surface area (Å²) in [6.07, 6.45) is 0. The number of carboxylic acid groups (broad SMARTS) is 1. The van der Waals surface area contributed by atoms with Gasteiger partial charge in [-0.15, -0.1) is 0 Å². The van der Waals surface area contributed by atoms with Crippen molar-refractivity contribution in [1.29, 1.82) is 0 Å². The van der Waals surface area contributed by atoms with Crippen LogP contribution in [0, 0.1) is 10.1 Å².